The summed E-state index contributed by atoms with van der Waals surface area (Å²) >= 11 is 1.49. The molecule has 4 saturated carbocycles. The summed E-state index contributed by atoms with van der Waals surface area (Å²) in [5.41, 5.74) is 0.638. The Morgan fingerprint density at radius 1 is 1.03 bits per heavy atom. The van der Waals surface area contributed by atoms with Gasteiger partial charge < -0.3 is 4.74 Å². The number of hydrogen-bond donors (Lipinski definition) is 0. The average molecular weight is 482 g/mol. The van der Waals surface area contributed by atoms with Crippen molar-refractivity contribution in [3.05, 3.63) is 34.6 Å². The molecule has 0 spiro atoms. The van der Waals surface area contributed by atoms with Crippen LogP contribution >= 0.6 is 11.8 Å². The van der Waals surface area contributed by atoms with Crippen LogP contribution in [0, 0.1) is 23.2 Å². The number of carbonyl (C=O) groups is 1. The van der Waals surface area contributed by atoms with E-state index in [9.17, 15) is 9.59 Å². The van der Waals surface area contributed by atoms with Crippen LogP contribution in [0.3, 0.4) is 0 Å². The van der Waals surface area contributed by atoms with Gasteiger partial charge in [0.05, 0.1) is 29.9 Å². The minimum atomic E-state index is -0.0972. The number of rotatable bonds is 8. The Bertz CT molecular complexity index is 1090. The quantitative estimate of drug-likeness (QED) is 0.420. The molecule has 5 fully saturated rings. The van der Waals surface area contributed by atoms with Crippen LogP contribution < -0.4 is 5.56 Å². The summed E-state index contributed by atoms with van der Waals surface area (Å²) in [6.45, 7) is 5.04. The van der Waals surface area contributed by atoms with Gasteiger partial charge in [-0.05, 0) is 74.8 Å². The van der Waals surface area contributed by atoms with Crippen LogP contribution in [0.1, 0.15) is 44.9 Å². The number of hydrogen-bond acceptors (Lipinski definition) is 6. The standard InChI is InChI=1S/C27H35N3O3S/c31-24(27-15-19-12-20(16-27)14-21(13-19)17-27)18-34-26-28-23-5-2-1-4-22(23)25(32)30(26)7-3-6-29-8-10-33-11-9-29/h1-2,4-5,19-21H,3,6-18H2. The van der Waals surface area contributed by atoms with Crippen molar-refractivity contribution in [1.29, 1.82) is 0 Å². The first kappa shape index (κ1) is 22.7. The minimum absolute atomic E-state index is 0.0114. The fourth-order valence-electron chi connectivity index (χ4n) is 7.47. The minimum Gasteiger partial charge on any atom is -0.379 e. The van der Waals surface area contributed by atoms with Gasteiger partial charge in [0.15, 0.2) is 5.16 Å². The fourth-order valence-corrected chi connectivity index (χ4v) is 8.53. The highest BCUT2D eigenvalue weighted by molar-refractivity contribution is 7.99. The van der Waals surface area contributed by atoms with E-state index in [2.05, 4.69) is 4.90 Å². The number of aromatic nitrogens is 2. The number of morpholine rings is 1. The van der Waals surface area contributed by atoms with Gasteiger partial charge in [0.25, 0.3) is 5.56 Å². The van der Waals surface area contributed by atoms with Gasteiger partial charge in [0.1, 0.15) is 5.78 Å². The van der Waals surface area contributed by atoms with Gasteiger partial charge in [-0.1, -0.05) is 23.9 Å². The Morgan fingerprint density at radius 3 is 2.41 bits per heavy atom. The Hall–Kier alpha value is -1.70. The molecule has 34 heavy (non-hydrogen) atoms. The van der Waals surface area contributed by atoms with E-state index >= 15 is 0 Å². The molecule has 0 radical (unpaired) electrons. The molecule has 4 aliphatic carbocycles. The zero-order valence-electron chi connectivity index (χ0n) is 19.9. The molecule has 1 aromatic carbocycles. The van der Waals surface area contributed by atoms with Crippen LogP contribution in [-0.2, 0) is 16.1 Å². The van der Waals surface area contributed by atoms with E-state index in [-0.39, 0.29) is 11.0 Å². The highest BCUT2D eigenvalue weighted by atomic mass is 32.2. The van der Waals surface area contributed by atoms with Gasteiger partial charge in [0.2, 0.25) is 0 Å². The molecule has 0 atom stereocenters. The monoisotopic (exact) mass is 481 g/mol. The molecular formula is C27H35N3O3S. The second-order valence-electron chi connectivity index (χ2n) is 11.1. The molecule has 6 nitrogen and oxygen atoms in total. The van der Waals surface area contributed by atoms with E-state index in [0.29, 0.717) is 28.6 Å². The Kier molecular flexibility index (Phi) is 6.29. The summed E-state index contributed by atoms with van der Waals surface area (Å²) in [5.74, 6) is 3.12. The zero-order chi connectivity index (χ0) is 23.1. The SMILES string of the molecule is O=C(CSc1nc2ccccc2c(=O)n1CCCN1CCOCC1)C12CC3CC(CC(C3)C1)C2. The number of para-hydroxylation sites is 1. The fraction of sp³-hybridized carbons (Fsp3) is 0.667. The molecule has 1 saturated heterocycles. The maximum Gasteiger partial charge on any atom is 0.262 e. The number of nitrogens with zero attached hydrogens (tertiary/aromatic N) is 3. The topological polar surface area (TPSA) is 64.4 Å². The maximum absolute atomic E-state index is 13.6. The van der Waals surface area contributed by atoms with Crippen molar-refractivity contribution in [1.82, 2.24) is 14.5 Å². The first-order valence-corrected chi connectivity index (χ1v) is 14.0. The Morgan fingerprint density at radius 2 is 1.71 bits per heavy atom. The van der Waals surface area contributed by atoms with Crippen LogP contribution in [0.25, 0.3) is 10.9 Å². The summed E-state index contributed by atoms with van der Waals surface area (Å²) < 4.78 is 7.27. The number of fused-ring (bicyclic) bond motifs is 1. The summed E-state index contributed by atoms with van der Waals surface area (Å²) in [7, 11) is 0. The molecule has 0 N–H and O–H groups in total. The molecule has 1 aliphatic heterocycles. The third-order valence-electron chi connectivity index (χ3n) is 8.75. The lowest BCUT2D eigenvalue weighted by atomic mass is 9.48. The Balaban J connectivity index is 1.20. The maximum atomic E-state index is 13.6. The second kappa shape index (κ2) is 9.40. The summed E-state index contributed by atoms with van der Waals surface area (Å²) in [4.78, 5) is 34.2. The lowest BCUT2D eigenvalue weighted by Crippen LogP contribution is -2.50. The van der Waals surface area contributed by atoms with Gasteiger partial charge in [-0.2, -0.15) is 0 Å². The van der Waals surface area contributed by atoms with Crippen molar-refractivity contribution in [2.24, 2.45) is 23.2 Å². The van der Waals surface area contributed by atoms with Crippen LogP contribution in [0.2, 0.25) is 0 Å². The third-order valence-corrected chi connectivity index (χ3v) is 9.72. The lowest BCUT2D eigenvalue weighted by Gasteiger charge is -2.56. The van der Waals surface area contributed by atoms with Gasteiger partial charge in [0, 0.05) is 31.6 Å². The van der Waals surface area contributed by atoms with Gasteiger partial charge in [-0.25, -0.2) is 4.98 Å². The van der Waals surface area contributed by atoms with E-state index in [0.717, 1.165) is 81.8 Å². The molecule has 0 unspecified atom stereocenters. The van der Waals surface area contributed by atoms with E-state index in [1.807, 2.05) is 28.8 Å². The normalized spacial score (nSPS) is 30.8. The molecule has 7 rings (SSSR count). The zero-order valence-corrected chi connectivity index (χ0v) is 20.7. The summed E-state index contributed by atoms with van der Waals surface area (Å²) in [6.07, 6.45) is 8.19. The van der Waals surface area contributed by atoms with Crippen molar-refractivity contribution in [3.8, 4) is 0 Å². The van der Waals surface area contributed by atoms with Crippen LogP contribution in [0.15, 0.2) is 34.2 Å². The number of benzene rings is 1. The summed E-state index contributed by atoms with van der Waals surface area (Å²) in [5, 5.41) is 1.36. The van der Waals surface area contributed by atoms with Crippen LogP contribution in [-0.4, -0.2) is 58.8 Å². The number of Topliss-reactive ketones (excluding diaryl/α,β-unsaturated/α-hetero) is 1. The molecule has 2 heterocycles. The van der Waals surface area contributed by atoms with Crippen molar-refractivity contribution < 1.29 is 9.53 Å². The van der Waals surface area contributed by atoms with Gasteiger partial charge in [-0.15, -0.1) is 0 Å². The first-order valence-electron chi connectivity index (χ1n) is 13.1. The third kappa shape index (κ3) is 4.35. The lowest BCUT2D eigenvalue weighted by molar-refractivity contribution is -0.141. The molecule has 0 amide bonds. The highest BCUT2D eigenvalue weighted by Crippen LogP contribution is 2.60. The second-order valence-corrected chi connectivity index (χ2v) is 12.0. The molecule has 4 bridgehead atoms. The molecular weight excluding hydrogens is 446 g/mol. The molecule has 2 aromatic rings. The molecule has 1 aromatic heterocycles. The largest absolute Gasteiger partial charge is 0.379 e. The first-order chi connectivity index (χ1) is 16.6. The predicted octanol–water partition coefficient (Wildman–Crippen LogP) is 4.00. The number of ketones is 1. The molecule has 5 aliphatic rings. The van der Waals surface area contributed by atoms with E-state index in [1.54, 1.807) is 0 Å². The molecule has 7 heteroatoms. The number of ether oxygens (including phenoxy) is 1. The van der Waals surface area contributed by atoms with Gasteiger partial charge >= 0.3 is 0 Å². The average Bonchev–Trinajstić information content (AvgIpc) is 2.84. The highest BCUT2D eigenvalue weighted by Gasteiger charge is 2.54. The van der Waals surface area contributed by atoms with Crippen LogP contribution in [0.4, 0.5) is 0 Å². The number of thioether (sulfide) groups is 1. The predicted molar refractivity (Wildman–Crippen MR) is 134 cm³/mol. The Labute approximate surface area is 205 Å². The van der Waals surface area contributed by atoms with Crippen molar-refractivity contribution in [2.75, 3.05) is 38.6 Å². The van der Waals surface area contributed by atoms with Gasteiger partial charge in [-0.3, -0.25) is 19.1 Å². The van der Waals surface area contributed by atoms with Crippen molar-refractivity contribution in [3.63, 3.8) is 0 Å². The van der Waals surface area contributed by atoms with Crippen LogP contribution in [0.5, 0.6) is 0 Å². The van der Waals surface area contributed by atoms with Crippen molar-refractivity contribution in [2.45, 2.75) is 56.6 Å². The van der Waals surface area contributed by atoms with E-state index in [4.69, 9.17) is 9.72 Å². The van der Waals surface area contributed by atoms with Crippen molar-refractivity contribution >= 4 is 28.4 Å². The smallest absolute Gasteiger partial charge is 0.262 e. The van der Waals surface area contributed by atoms with E-state index < -0.39 is 0 Å². The number of carbonyl (C=O) groups excluding carboxylic acids is 1. The molecule has 182 valence electrons. The van der Waals surface area contributed by atoms with E-state index in [1.165, 1.54) is 31.0 Å². The summed E-state index contributed by atoms with van der Waals surface area (Å²) in [6, 6.07) is 7.58.